The molecule has 11 heteroatoms. The van der Waals surface area contributed by atoms with Crippen molar-refractivity contribution >= 4 is 16.1 Å². The fourth-order valence-electron chi connectivity index (χ4n) is 1.61. The minimum absolute atomic E-state index is 0.0694. The Morgan fingerprint density at radius 3 is 1.79 bits per heavy atom. The Balaban J connectivity index is 0.000000470. The number of aromatic carboxylic acids is 1. The van der Waals surface area contributed by atoms with Crippen molar-refractivity contribution in [2.75, 3.05) is 39.5 Å². The average molecular weight is 367 g/mol. The molecule has 0 atom stereocenters. The van der Waals surface area contributed by atoms with Gasteiger partial charge in [0.2, 0.25) is 0 Å². The van der Waals surface area contributed by atoms with Crippen LogP contribution in [-0.2, 0) is 10.1 Å². The number of aliphatic hydroxyl groups is 3. The van der Waals surface area contributed by atoms with Crippen LogP contribution in [-0.4, -0.2) is 88.8 Å². The molecular formula is C13H21NO9S. The zero-order valence-corrected chi connectivity index (χ0v) is 13.6. The van der Waals surface area contributed by atoms with Crippen LogP contribution in [0, 0.1) is 0 Å². The number of benzene rings is 1. The van der Waals surface area contributed by atoms with Gasteiger partial charge in [-0.3, -0.25) is 9.45 Å². The van der Waals surface area contributed by atoms with Gasteiger partial charge in [-0.2, -0.15) is 8.42 Å². The van der Waals surface area contributed by atoms with Crippen LogP contribution in [0.2, 0.25) is 0 Å². The van der Waals surface area contributed by atoms with Crippen LogP contribution in [0.1, 0.15) is 10.4 Å². The van der Waals surface area contributed by atoms with Gasteiger partial charge in [-0.15, -0.1) is 0 Å². The summed E-state index contributed by atoms with van der Waals surface area (Å²) in [5.74, 6) is -2.04. The molecule has 0 aromatic heterocycles. The number of carbonyl (C=O) groups is 1. The van der Waals surface area contributed by atoms with E-state index in [0.29, 0.717) is 25.7 Å². The number of carboxylic acid groups (broad SMARTS) is 1. The number of aromatic hydroxyl groups is 1. The standard InChI is InChI=1S/C7H6O6S.C6H15NO3/c8-6-2-1-4(14(11,12)13)3-5(6)7(9)10;8-4-1-7(2-5-9)3-6-10/h1-3,8H,(H,9,10)(H,11,12,13);8-10H,1-6H2. The molecule has 6 N–H and O–H groups in total. The molecule has 10 nitrogen and oxygen atoms in total. The molecule has 0 heterocycles. The monoisotopic (exact) mass is 367 g/mol. The molecule has 138 valence electrons. The predicted molar refractivity (Wildman–Crippen MR) is 82.6 cm³/mol. The lowest BCUT2D eigenvalue weighted by Gasteiger charge is -2.17. The van der Waals surface area contributed by atoms with Gasteiger partial charge in [-0.25, -0.2) is 4.79 Å². The van der Waals surface area contributed by atoms with E-state index in [1.165, 1.54) is 0 Å². The van der Waals surface area contributed by atoms with E-state index >= 15 is 0 Å². The number of rotatable bonds is 8. The fraction of sp³-hybridized carbons (Fsp3) is 0.462. The summed E-state index contributed by atoms with van der Waals surface area (Å²) < 4.78 is 29.8. The Morgan fingerprint density at radius 1 is 1.00 bits per heavy atom. The maximum Gasteiger partial charge on any atom is 0.339 e. The third-order valence-corrected chi connectivity index (χ3v) is 3.59. The number of nitrogens with zero attached hydrogens (tertiary/aromatic N) is 1. The van der Waals surface area contributed by atoms with Gasteiger partial charge in [0.15, 0.2) is 0 Å². The van der Waals surface area contributed by atoms with Gasteiger partial charge in [0.1, 0.15) is 11.3 Å². The normalized spacial score (nSPS) is 11.0. The van der Waals surface area contributed by atoms with Crippen molar-refractivity contribution in [2.24, 2.45) is 0 Å². The third-order valence-electron chi connectivity index (χ3n) is 2.74. The molecule has 0 radical (unpaired) electrons. The topological polar surface area (TPSA) is 176 Å². The molecule has 24 heavy (non-hydrogen) atoms. The van der Waals surface area contributed by atoms with Gasteiger partial charge in [0.05, 0.1) is 24.7 Å². The first-order valence-electron chi connectivity index (χ1n) is 6.76. The van der Waals surface area contributed by atoms with E-state index in [9.17, 15) is 13.2 Å². The smallest absolute Gasteiger partial charge is 0.339 e. The number of hydrogen-bond donors (Lipinski definition) is 6. The first-order chi connectivity index (χ1) is 11.2. The molecule has 0 spiro atoms. The summed E-state index contributed by atoms with van der Waals surface area (Å²) in [6, 6.07) is 2.46. The van der Waals surface area contributed by atoms with Crippen LogP contribution in [0.25, 0.3) is 0 Å². The third kappa shape index (κ3) is 8.19. The van der Waals surface area contributed by atoms with E-state index in [1.54, 1.807) is 4.90 Å². The van der Waals surface area contributed by atoms with Crippen LogP contribution in [0.5, 0.6) is 5.75 Å². The number of phenols is 1. The Hall–Kier alpha value is -1.76. The maximum absolute atomic E-state index is 10.6. The van der Waals surface area contributed by atoms with E-state index in [4.69, 9.17) is 30.1 Å². The van der Waals surface area contributed by atoms with Crippen molar-refractivity contribution in [2.45, 2.75) is 4.90 Å². The van der Waals surface area contributed by atoms with Crippen molar-refractivity contribution in [3.63, 3.8) is 0 Å². The first-order valence-corrected chi connectivity index (χ1v) is 8.20. The molecule has 0 amide bonds. The maximum atomic E-state index is 10.6. The van der Waals surface area contributed by atoms with Gasteiger partial charge in [-0.1, -0.05) is 0 Å². The van der Waals surface area contributed by atoms with Gasteiger partial charge in [0, 0.05) is 19.6 Å². The lowest BCUT2D eigenvalue weighted by molar-refractivity contribution is 0.0693. The predicted octanol–water partition coefficient (Wildman–Crippen LogP) is -1.40. The van der Waals surface area contributed by atoms with Crippen molar-refractivity contribution in [1.82, 2.24) is 4.90 Å². The highest BCUT2D eigenvalue weighted by atomic mass is 32.2. The highest BCUT2D eigenvalue weighted by molar-refractivity contribution is 7.85. The molecule has 0 saturated heterocycles. The second kappa shape index (κ2) is 10.9. The number of aliphatic hydroxyl groups excluding tert-OH is 3. The molecule has 0 unspecified atom stereocenters. The van der Waals surface area contributed by atoms with Crippen molar-refractivity contribution in [1.29, 1.82) is 0 Å². The first kappa shape index (κ1) is 22.2. The summed E-state index contributed by atoms with van der Waals surface area (Å²) in [6.45, 7) is 1.75. The quantitative estimate of drug-likeness (QED) is 0.300. The van der Waals surface area contributed by atoms with E-state index in [1.807, 2.05) is 0 Å². The molecule has 1 aromatic carbocycles. The summed E-state index contributed by atoms with van der Waals surface area (Å²) in [6.07, 6.45) is 0. The Bertz CT molecular complexity index is 604. The fourth-order valence-corrected chi connectivity index (χ4v) is 2.11. The molecule has 0 saturated carbocycles. The van der Waals surface area contributed by atoms with Crippen molar-refractivity contribution < 1.29 is 43.3 Å². The molecular weight excluding hydrogens is 346 g/mol. The zero-order valence-electron chi connectivity index (χ0n) is 12.7. The van der Waals surface area contributed by atoms with Gasteiger partial charge in [0.25, 0.3) is 10.1 Å². The van der Waals surface area contributed by atoms with E-state index in [0.717, 1.165) is 12.1 Å². The summed E-state index contributed by atoms with van der Waals surface area (Å²) in [5, 5.41) is 43.0. The highest BCUT2D eigenvalue weighted by Gasteiger charge is 2.16. The minimum atomic E-state index is -4.45. The molecule has 0 bridgehead atoms. The van der Waals surface area contributed by atoms with Gasteiger partial charge in [-0.05, 0) is 18.2 Å². The number of hydrogen-bond acceptors (Lipinski definition) is 8. The molecule has 1 aromatic rings. The van der Waals surface area contributed by atoms with E-state index in [2.05, 4.69) is 0 Å². The average Bonchev–Trinajstić information content (AvgIpc) is 2.47. The largest absolute Gasteiger partial charge is 0.507 e. The summed E-state index contributed by atoms with van der Waals surface area (Å²) in [4.78, 5) is 11.7. The Kier molecular flexibility index (Phi) is 10.1. The molecule has 0 aliphatic heterocycles. The molecule has 1 rings (SSSR count). The van der Waals surface area contributed by atoms with Crippen LogP contribution in [0.3, 0.4) is 0 Å². The van der Waals surface area contributed by atoms with E-state index < -0.39 is 32.3 Å². The molecule has 0 aliphatic rings. The summed E-state index contributed by atoms with van der Waals surface area (Å²) in [7, 11) is -4.45. The van der Waals surface area contributed by atoms with Crippen LogP contribution in [0.4, 0.5) is 0 Å². The van der Waals surface area contributed by atoms with Crippen molar-refractivity contribution in [3.8, 4) is 5.75 Å². The van der Waals surface area contributed by atoms with Crippen LogP contribution in [0.15, 0.2) is 23.1 Å². The second-order valence-corrected chi connectivity index (χ2v) is 5.89. The minimum Gasteiger partial charge on any atom is -0.507 e. The molecule has 0 aliphatic carbocycles. The van der Waals surface area contributed by atoms with Crippen molar-refractivity contribution in [3.05, 3.63) is 23.8 Å². The second-order valence-electron chi connectivity index (χ2n) is 4.47. The zero-order chi connectivity index (χ0) is 18.8. The Labute approximate surface area is 139 Å². The highest BCUT2D eigenvalue weighted by Crippen LogP contribution is 2.20. The Morgan fingerprint density at radius 2 is 1.46 bits per heavy atom. The molecule has 0 fully saturated rings. The van der Waals surface area contributed by atoms with Gasteiger partial charge >= 0.3 is 5.97 Å². The number of carboxylic acids is 1. The summed E-state index contributed by atoms with van der Waals surface area (Å²) in [5.41, 5.74) is -0.583. The lowest BCUT2D eigenvalue weighted by atomic mass is 10.2. The SMILES string of the molecule is O=C(O)c1cc(S(=O)(=O)O)ccc1O.OCCN(CCO)CCO. The van der Waals surface area contributed by atoms with Gasteiger partial charge < -0.3 is 25.5 Å². The van der Waals surface area contributed by atoms with Crippen LogP contribution < -0.4 is 0 Å². The summed E-state index contributed by atoms with van der Waals surface area (Å²) >= 11 is 0. The van der Waals surface area contributed by atoms with Crippen LogP contribution >= 0.6 is 0 Å². The lowest BCUT2D eigenvalue weighted by Crippen LogP contribution is -2.32. The van der Waals surface area contributed by atoms with E-state index in [-0.39, 0.29) is 19.8 Å².